The van der Waals surface area contributed by atoms with Crippen LogP contribution in [0.3, 0.4) is 0 Å². The zero-order valence-electron chi connectivity index (χ0n) is 11.2. The first kappa shape index (κ1) is 13.1. The van der Waals surface area contributed by atoms with Gasteiger partial charge in [-0.25, -0.2) is 4.98 Å². The molecule has 3 rings (SSSR count). The second-order valence-electron chi connectivity index (χ2n) is 5.80. The van der Waals surface area contributed by atoms with Crippen molar-refractivity contribution in [1.29, 1.82) is 0 Å². The Kier molecular flexibility index (Phi) is 3.39. The van der Waals surface area contributed by atoms with Gasteiger partial charge in [-0.05, 0) is 49.8 Å². The van der Waals surface area contributed by atoms with E-state index in [1.807, 2.05) is 18.2 Å². The minimum Gasteiger partial charge on any atom is -0.440 e. The van der Waals surface area contributed by atoms with Crippen molar-refractivity contribution in [1.82, 2.24) is 4.98 Å². The summed E-state index contributed by atoms with van der Waals surface area (Å²) in [6.07, 6.45) is 4.58. The van der Waals surface area contributed by atoms with Gasteiger partial charge < -0.3 is 10.2 Å². The van der Waals surface area contributed by atoms with Crippen LogP contribution in [-0.2, 0) is 5.41 Å². The van der Waals surface area contributed by atoms with Gasteiger partial charge in [-0.2, -0.15) is 0 Å². The van der Waals surface area contributed by atoms with E-state index in [9.17, 15) is 0 Å². The third kappa shape index (κ3) is 2.32. The van der Waals surface area contributed by atoms with Crippen LogP contribution in [0.4, 0.5) is 0 Å². The molecule has 0 aliphatic heterocycles. The summed E-state index contributed by atoms with van der Waals surface area (Å²) in [5.74, 6) is 1.62. The zero-order chi connectivity index (χ0) is 13.5. The Bertz CT molecular complexity index is 585. The van der Waals surface area contributed by atoms with Crippen molar-refractivity contribution in [3.8, 4) is 0 Å². The topological polar surface area (TPSA) is 52.0 Å². The molecule has 0 bridgehead atoms. The van der Waals surface area contributed by atoms with E-state index in [0.29, 0.717) is 6.54 Å². The van der Waals surface area contributed by atoms with Gasteiger partial charge in [-0.3, -0.25) is 0 Å². The molecule has 1 saturated carbocycles. The molecule has 1 fully saturated rings. The Hall–Kier alpha value is -0.870. The van der Waals surface area contributed by atoms with E-state index in [0.717, 1.165) is 40.2 Å². The normalized spacial score (nSPS) is 27.8. The third-order valence-electron chi connectivity index (χ3n) is 4.43. The Balaban J connectivity index is 2.01. The lowest BCUT2D eigenvalue weighted by atomic mass is 9.71. The molecule has 0 amide bonds. The Morgan fingerprint density at radius 3 is 2.84 bits per heavy atom. The van der Waals surface area contributed by atoms with Gasteiger partial charge in [0.25, 0.3) is 0 Å². The summed E-state index contributed by atoms with van der Waals surface area (Å²) in [5.41, 5.74) is 7.76. The first-order valence-electron chi connectivity index (χ1n) is 6.90. The van der Waals surface area contributed by atoms with Gasteiger partial charge in [0.05, 0.1) is 5.41 Å². The van der Waals surface area contributed by atoms with E-state index in [1.165, 1.54) is 12.8 Å². The summed E-state index contributed by atoms with van der Waals surface area (Å²) in [4.78, 5) is 4.69. The lowest BCUT2D eigenvalue weighted by molar-refractivity contribution is 0.210. The van der Waals surface area contributed by atoms with Crippen LogP contribution < -0.4 is 5.73 Å². The smallest absolute Gasteiger partial charge is 0.202 e. The van der Waals surface area contributed by atoms with Gasteiger partial charge >= 0.3 is 0 Å². The fourth-order valence-corrected chi connectivity index (χ4v) is 3.30. The zero-order valence-corrected chi connectivity index (χ0v) is 12.7. The highest BCUT2D eigenvalue weighted by Gasteiger charge is 2.39. The van der Waals surface area contributed by atoms with Crippen molar-refractivity contribution in [2.45, 2.75) is 38.0 Å². The molecule has 1 heterocycles. The van der Waals surface area contributed by atoms with Crippen LogP contribution in [0.1, 0.15) is 38.5 Å². The minimum absolute atomic E-state index is 0.0575. The number of benzene rings is 1. The minimum atomic E-state index is -0.0575. The Morgan fingerprint density at radius 2 is 2.16 bits per heavy atom. The number of aromatic nitrogens is 1. The van der Waals surface area contributed by atoms with Gasteiger partial charge in [0, 0.05) is 11.0 Å². The molecule has 0 atom stereocenters. The third-order valence-corrected chi connectivity index (χ3v) is 4.92. The van der Waals surface area contributed by atoms with Gasteiger partial charge in [-0.1, -0.05) is 22.9 Å². The molecular formula is C15H19BrN2O. The number of nitrogens with zero attached hydrogens (tertiary/aromatic N) is 1. The Labute approximate surface area is 121 Å². The number of halogens is 1. The summed E-state index contributed by atoms with van der Waals surface area (Å²) in [7, 11) is 0. The van der Waals surface area contributed by atoms with Crippen LogP contribution >= 0.6 is 15.9 Å². The van der Waals surface area contributed by atoms with Gasteiger partial charge in [-0.15, -0.1) is 0 Å². The molecule has 1 aliphatic rings. The van der Waals surface area contributed by atoms with E-state index < -0.39 is 0 Å². The molecule has 2 aromatic rings. The molecule has 0 radical (unpaired) electrons. The second kappa shape index (κ2) is 4.91. The number of oxazole rings is 1. The quantitative estimate of drug-likeness (QED) is 0.909. The predicted octanol–water partition coefficient (Wildman–Crippen LogP) is 4.00. The van der Waals surface area contributed by atoms with Crippen LogP contribution in [0.2, 0.25) is 0 Å². The lowest BCUT2D eigenvalue weighted by Crippen LogP contribution is -2.38. The highest BCUT2D eigenvalue weighted by molar-refractivity contribution is 9.10. The monoisotopic (exact) mass is 322 g/mol. The largest absolute Gasteiger partial charge is 0.440 e. The molecule has 0 spiro atoms. The lowest BCUT2D eigenvalue weighted by Gasteiger charge is -2.35. The molecule has 1 aromatic carbocycles. The molecule has 1 aliphatic carbocycles. The van der Waals surface area contributed by atoms with Crippen molar-refractivity contribution in [2.24, 2.45) is 11.7 Å². The average Bonchev–Trinajstić information content (AvgIpc) is 2.83. The van der Waals surface area contributed by atoms with Crippen LogP contribution in [0, 0.1) is 5.92 Å². The van der Waals surface area contributed by atoms with Crippen molar-refractivity contribution in [3.05, 3.63) is 28.6 Å². The van der Waals surface area contributed by atoms with Crippen LogP contribution in [0.25, 0.3) is 11.1 Å². The van der Waals surface area contributed by atoms with Crippen molar-refractivity contribution in [3.63, 3.8) is 0 Å². The molecule has 1 aromatic heterocycles. The highest BCUT2D eigenvalue weighted by Crippen LogP contribution is 2.41. The van der Waals surface area contributed by atoms with E-state index in [4.69, 9.17) is 10.2 Å². The van der Waals surface area contributed by atoms with E-state index >= 15 is 0 Å². The predicted molar refractivity (Wildman–Crippen MR) is 80.1 cm³/mol. The highest BCUT2D eigenvalue weighted by atomic mass is 79.9. The SMILES string of the molecule is CC1CCC(CN)(c2nc3cc(Br)ccc3o2)CC1. The molecule has 0 saturated heterocycles. The fourth-order valence-electron chi connectivity index (χ4n) is 2.95. The maximum Gasteiger partial charge on any atom is 0.202 e. The molecule has 19 heavy (non-hydrogen) atoms. The molecule has 4 heteroatoms. The van der Waals surface area contributed by atoms with Crippen LogP contribution in [0.5, 0.6) is 0 Å². The van der Waals surface area contributed by atoms with E-state index in [-0.39, 0.29) is 5.41 Å². The fraction of sp³-hybridized carbons (Fsp3) is 0.533. The number of rotatable bonds is 2. The number of hydrogen-bond donors (Lipinski definition) is 1. The summed E-state index contributed by atoms with van der Waals surface area (Å²) in [6, 6.07) is 5.94. The first-order valence-corrected chi connectivity index (χ1v) is 7.69. The first-order chi connectivity index (χ1) is 9.13. The molecular weight excluding hydrogens is 304 g/mol. The summed E-state index contributed by atoms with van der Waals surface area (Å²) in [5, 5.41) is 0. The van der Waals surface area contributed by atoms with Crippen LogP contribution in [0.15, 0.2) is 27.1 Å². The maximum absolute atomic E-state index is 6.06. The van der Waals surface area contributed by atoms with Crippen molar-refractivity contribution >= 4 is 27.0 Å². The summed E-state index contributed by atoms with van der Waals surface area (Å²) in [6.45, 7) is 2.93. The maximum atomic E-state index is 6.06. The molecule has 3 nitrogen and oxygen atoms in total. The second-order valence-corrected chi connectivity index (χ2v) is 6.71. The van der Waals surface area contributed by atoms with Gasteiger partial charge in [0.2, 0.25) is 5.89 Å². The van der Waals surface area contributed by atoms with Gasteiger partial charge in [0.1, 0.15) is 5.52 Å². The standard InChI is InChI=1S/C15H19BrN2O/c1-10-4-6-15(9-17,7-5-10)14-18-12-8-11(16)2-3-13(12)19-14/h2-3,8,10H,4-7,9,17H2,1H3. The van der Waals surface area contributed by atoms with Crippen molar-refractivity contribution < 1.29 is 4.42 Å². The average molecular weight is 323 g/mol. The molecule has 0 unspecified atom stereocenters. The van der Waals surface area contributed by atoms with Crippen molar-refractivity contribution in [2.75, 3.05) is 6.54 Å². The molecule has 2 N–H and O–H groups in total. The van der Waals surface area contributed by atoms with E-state index in [2.05, 4.69) is 27.8 Å². The summed E-state index contributed by atoms with van der Waals surface area (Å²) < 4.78 is 7.01. The number of nitrogens with two attached hydrogens (primary N) is 1. The van der Waals surface area contributed by atoms with Crippen LogP contribution in [-0.4, -0.2) is 11.5 Å². The molecule has 102 valence electrons. The Morgan fingerprint density at radius 1 is 1.42 bits per heavy atom. The number of fused-ring (bicyclic) bond motifs is 1. The van der Waals surface area contributed by atoms with Gasteiger partial charge in [0.15, 0.2) is 5.58 Å². The van der Waals surface area contributed by atoms with E-state index in [1.54, 1.807) is 0 Å². The number of hydrogen-bond acceptors (Lipinski definition) is 3. The summed E-state index contributed by atoms with van der Waals surface area (Å²) >= 11 is 3.47.